The molecule has 120 valence electrons. The summed E-state index contributed by atoms with van der Waals surface area (Å²) in [6, 6.07) is 10.2. The summed E-state index contributed by atoms with van der Waals surface area (Å²) in [5.74, 6) is 0.949. The molecule has 0 N–H and O–H groups in total. The highest BCUT2D eigenvalue weighted by Crippen LogP contribution is 2.37. The van der Waals surface area contributed by atoms with Gasteiger partial charge in [0.15, 0.2) is 0 Å². The van der Waals surface area contributed by atoms with Crippen LogP contribution in [0.4, 0.5) is 0 Å². The van der Waals surface area contributed by atoms with Gasteiger partial charge in [-0.25, -0.2) is 4.98 Å². The molecule has 2 heterocycles. The number of rotatable bonds is 4. The molecule has 1 nitrogen and oxygen atoms in total. The number of thioether (sulfide) groups is 1. The molecule has 0 saturated heterocycles. The number of hydrogen-bond donors (Lipinski definition) is 0. The second kappa shape index (κ2) is 6.98. The first-order valence-electron chi connectivity index (χ1n) is 7.34. The van der Waals surface area contributed by atoms with E-state index in [0.29, 0.717) is 0 Å². The van der Waals surface area contributed by atoms with Gasteiger partial charge in [-0.3, -0.25) is 0 Å². The minimum absolute atomic E-state index is 0.101. The first kappa shape index (κ1) is 17.0. The molecule has 0 spiro atoms. The molecule has 0 amide bonds. The molecule has 0 bridgehead atoms. The molecule has 2 aromatic heterocycles. The van der Waals surface area contributed by atoms with Gasteiger partial charge in [0, 0.05) is 26.5 Å². The van der Waals surface area contributed by atoms with Crippen molar-refractivity contribution in [2.45, 2.75) is 36.8 Å². The van der Waals surface area contributed by atoms with Crippen LogP contribution in [0.15, 0.2) is 46.0 Å². The summed E-state index contributed by atoms with van der Waals surface area (Å²) >= 11 is 11.3. The summed E-state index contributed by atoms with van der Waals surface area (Å²) in [5.41, 5.74) is 2.62. The van der Waals surface area contributed by atoms with Crippen molar-refractivity contribution < 1.29 is 0 Å². The Labute approximate surface area is 154 Å². The van der Waals surface area contributed by atoms with Crippen LogP contribution >= 0.6 is 46.0 Å². The van der Waals surface area contributed by atoms with Crippen LogP contribution in [0.5, 0.6) is 0 Å². The van der Waals surface area contributed by atoms with Crippen molar-refractivity contribution in [3.05, 3.63) is 57.4 Å². The van der Waals surface area contributed by atoms with E-state index in [4.69, 9.17) is 16.6 Å². The fourth-order valence-corrected chi connectivity index (χ4v) is 5.27. The number of thiazole rings is 1. The molecule has 23 heavy (non-hydrogen) atoms. The average molecular weight is 380 g/mol. The van der Waals surface area contributed by atoms with Crippen LogP contribution in [0.25, 0.3) is 9.88 Å². The molecule has 0 aliphatic carbocycles. The predicted octanol–water partition coefficient (Wildman–Crippen LogP) is 7.11. The zero-order chi connectivity index (χ0) is 16.4. The summed E-state index contributed by atoms with van der Waals surface area (Å²) < 4.78 is 0. The standard InChI is InChI=1S/C18H18ClNS3/c1-18(2,3)15-11-23-17(20-15)16-12(8-9-21-16)10-22-14-6-4-13(19)5-7-14/h4-9,11H,10H2,1-3H3. The first-order chi connectivity index (χ1) is 10.9. The van der Waals surface area contributed by atoms with E-state index in [2.05, 4.69) is 49.7 Å². The third-order valence-corrected chi connectivity index (χ3v) is 6.69. The topological polar surface area (TPSA) is 12.9 Å². The zero-order valence-electron chi connectivity index (χ0n) is 13.3. The van der Waals surface area contributed by atoms with E-state index >= 15 is 0 Å². The molecule has 1 aromatic carbocycles. The Kier molecular flexibility index (Phi) is 5.16. The molecule has 0 atom stereocenters. The third-order valence-electron chi connectivity index (χ3n) is 3.42. The van der Waals surface area contributed by atoms with Gasteiger partial charge >= 0.3 is 0 Å². The van der Waals surface area contributed by atoms with E-state index in [1.807, 2.05) is 23.9 Å². The van der Waals surface area contributed by atoms with Gasteiger partial charge in [-0.1, -0.05) is 32.4 Å². The van der Waals surface area contributed by atoms with Crippen molar-refractivity contribution >= 4 is 46.0 Å². The van der Waals surface area contributed by atoms with Gasteiger partial charge < -0.3 is 0 Å². The van der Waals surface area contributed by atoms with Gasteiger partial charge in [0.2, 0.25) is 0 Å². The Morgan fingerprint density at radius 2 is 1.83 bits per heavy atom. The maximum absolute atomic E-state index is 5.94. The lowest BCUT2D eigenvalue weighted by Gasteiger charge is -2.14. The molecule has 0 aliphatic heterocycles. The van der Waals surface area contributed by atoms with E-state index in [0.717, 1.165) is 15.8 Å². The Morgan fingerprint density at radius 3 is 2.48 bits per heavy atom. The second-order valence-electron chi connectivity index (χ2n) is 6.31. The van der Waals surface area contributed by atoms with Crippen molar-refractivity contribution in [1.29, 1.82) is 0 Å². The second-order valence-corrected chi connectivity index (χ2v) is 9.56. The van der Waals surface area contributed by atoms with Crippen LogP contribution in [0.3, 0.4) is 0 Å². The summed E-state index contributed by atoms with van der Waals surface area (Å²) in [6.45, 7) is 6.62. The van der Waals surface area contributed by atoms with Crippen molar-refractivity contribution in [3.8, 4) is 9.88 Å². The minimum Gasteiger partial charge on any atom is -0.240 e. The monoisotopic (exact) mass is 379 g/mol. The van der Waals surface area contributed by atoms with Crippen LogP contribution in [-0.2, 0) is 11.2 Å². The van der Waals surface area contributed by atoms with Crippen LogP contribution < -0.4 is 0 Å². The van der Waals surface area contributed by atoms with Gasteiger partial charge in [0.05, 0.1) is 10.6 Å². The van der Waals surface area contributed by atoms with Crippen molar-refractivity contribution in [2.75, 3.05) is 0 Å². The molecule has 5 heteroatoms. The van der Waals surface area contributed by atoms with Gasteiger partial charge in [0.25, 0.3) is 0 Å². The summed E-state index contributed by atoms with van der Waals surface area (Å²) in [5, 5.41) is 6.26. The highest BCUT2D eigenvalue weighted by Gasteiger charge is 2.19. The first-order valence-corrected chi connectivity index (χ1v) is 10.5. The lowest BCUT2D eigenvalue weighted by Crippen LogP contribution is -2.11. The van der Waals surface area contributed by atoms with E-state index in [1.54, 1.807) is 22.7 Å². The van der Waals surface area contributed by atoms with Gasteiger partial charge in [-0.05, 0) is 41.3 Å². The Balaban J connectivity index is 1.77. The number of hydrogen-bond acceptors (Lipinski definition) is 4. The largest absolute Gasteiger partial charge is 0.240 e. The lowest BCUT2D eigenvalue weighted by molar-refractivity contribution is 0.573. The van der Waals surface area contributed by atoms with E-state index in [-0.39, 0.29) is 5.41 Å². The summed E-state index contributed by atoms with van der Waals surface area (Å²) in [4.78, 5) is 7.39. The van der Waals surface area contributed by atoms with Crippen molar-refractivity contribution in [2.24, 2.45) is 0 Å². The number of nitrogens with zero attached hydrogens (tertiary/aromatic N) is 1. The highest BCUT2D eigenvalue weighted by atomic mass is 35.5. The Morgan fingerprint density at radius 1 is 1.09 bits per heavy atom. The van der Waals surface area contributed by atoms with E-state index in [9.17, 15) is 0 Å². The molecule has 0 fully saturated rings. The highest BCUT2D eigenvalue weighted by molar-refractivity contribution is 7.98. The number of halogens is 1. The smallest absolute Gasteiger partial charge is 0.133 e. The normalized spacial score (nSPS) is 11.8. The van der Waals surface area contributed by atoms with Crippen LogP contribution in [-0.4, -0.2) is 4.98 Å². The molecule has 0 saturated carbocycles. The molecule has 0 radical (unpaired) electrons. The SMILES string of the molecule is CC(C)(C)c1csc(-c2sccc2CSc2ccc(Cl)cc2)n1. The number of thiophene rings is 1. The van der Waals surface area contributed by atoms with Gasteiger partial charge in [0.1, 0.15) is 5.01 Å². The van der Waals surface area contributed by atoms with Crippen molar-refractivity contribution in [3.63, 3.8) is 0 Å². The maximum Gasteiger partial charge on any atom is 0.133 e. The van der Waals surface area contributed by atoms with Crippen molar-refractivity contribution in [1.82, 2.24) is 4.98 Å². The molecule has 3 aromatic rings. The lowest BCUT2D eigenvalue weighted by atomic mass is 9.93. The van der Waals surface area contributed by atoms with Crippen LogP contribution in [0.1, 0.15) is 32.0 Å². The Bertz CT molecular complexity index is 781. The summed E-state index contributed by atoms with van der Waals surface area (Å²) in [6.07, 6.45) is 0. The predicted molar refractivity (Wildman–Crippen MR) is 105 cm³/mol. The van der Waals surface area contributed by atoms with E-state index in [1.165, 1.54) is 21.0 Å². The average Bonchev–Trinajstić information content (AvgIpc) is 3.14. The molecular formula is C18H18ClNS3. The molecule has 0 unspecified atom stereocenters. The third kappa shape index (κ3) is 4.18. The maximum atomic E-state index is 5.94. The quantitative estimate of drug-likeness (QED) is 0.447. The number of benzene rings is 1. The molecule has 3 rings (SSSR count). The fraction of sp³-hybridized carbons (Fsp3) is 0.278. The number of aromatic nitrogens is 1. The summed E-state index contributed by atoms with van der Waals surface area (Å²) in [7, 11) is 0. The van der Waals surface area contributed by atoms with Gasteiger partial charge in [-0.15, -0.1) is 34.4 Å². The fourth-order valence-electron chi connectivity index (χ4n) is 2.05. The van der Waals surface area contributed by atoms with E-state index < -0.39 is 0 Å². The van der Waals surface area contributed by atoms with Gasteiger partial charge in [-0.2, -0.15) is 0 Å². The van der Waals surface area contributed by atoms with Crippen LogP contribution in [0, 0.1) is 0 Å². The van der Waals surface area contributed by atoms with Crippen LogP contribution in [0.2, 0.25) is 5.02 Å². The molecule has 0 aliphatic rings. The minimum atomic E-state index is 0.101. The Hall–Kier alpha value is -0.810. The molecular weight excluding hydrogens is 362 g/mol. The zero-order valence-corrected chi connectivity index (χ0v) is 16.5.